The second-order valence-electron chi connectivity index (χ2n) is 6.15. The normalized spacial score (nSPS) is 11.8. The minimum Gasteiger partial charge on any atom is -0.305 e. The summed E-state index contributed by atoms with van der Waals surface area (Å²) in [6.07, 6.45) is 0.511. The predicted molar refractivity (Wildman–Crippen MR) is 105 cm³/mol. The molecule has 0 radical (unpaired) electrons. The van der Waals surface area contributed by atoms with Crippen molar-refractivity contribution in [3.05, 3.63) is 73.8 Å². The third kappa shape index (κ3) is 3.83. The van der Waals surface area contributed by atoms with Crippen LogP contribution in [0.15, 0.2) is 56.9 Å². The topological polar surface area (TPSA) is 90.2 Å². The summed E-state index contributed by atoms with van der Waals surface area (Å²) in [6.45, 7) is 0.216. The highest BCUT2D eigenvalue weighted by Crippen LogP contribution is 2.17. The van der Waals surface area contributed by atoms with E-state index in [-0.39, 0.29) is 11.4 Å². The van der Waals surface area contributed by atoms with Gasteiger partial charge in [0.15, 0.2) is 0 Å². The van der Waals surface area contributed by atoms with Crippen LogP contribution in [0.3, 0.4) is 0 Å². The Morgan fingerprint density at radius 3 is 2.15 bits per heavy atom. The number of halogens is 1. The predicted octanol–water partition coefficient (Wildman–Crippen LogP) is 1.41. The molecule has 1 heterocycles. The fourth-order valence-electron chi connectivity index (χ4n) is 2.79. The highest BCUT2D eigenvalue weighted by Gasteiger charge is 2.16. The number of rotatable bonds is 5. The van der Waals surface area contributed by atoms with E-state index in [0.29, 0.717) is 22.5 Å². The Bertz CT molecular complexity index is 1230. The highest BCUT2D eigenvalue weighted by molar-refractivity contribution is 7.89. The molecule has 3 rings (SSSR count). The Balaban J connectivity index is 1.88. The minimum absolute atomic E-state index is 0.0276. The summed E-state index contributed by atoms with van der Waals surface area (Å²) in [4.78, 5) is 23.9. The van der Waals surface area contributed by atoms with E-state index in [4.69, 9.17) is 11.6 Å². The van der Waals surface area contributed by atoms with E-state index in [1.165, 1.54) is 36.9 Å². The monoisotopic (exact) mass is 407 g/mol. The number of fused-ring (bicyclic) bond motifs is 1. The molecule has 9 heteroatoms. The van der Waals surface area contributed by atoms with Crippen molar-refractivity contribution in [3.8, 4) is 0 Å². The van der Waals surface area contributed by atoms with Gasteiger partial charge >= 0.3 is 11.1 Å². The summed E-state index contributed by atoms with van der Waals surface area (Å²) < 4.78 is 30.1. The maximum atomic E-state index is 12.6. The van der Waals surface area contributed by atoms with Crippen molar-refractivity contribution in [1.82, 2.24) is 13.9 Å². The molecule has 0 saturated heterocycles. The number of aromatic nitrogens is 2. The smallest absolute Gasteiger partial charge is 0.305 e. The van der Waals surface area contributed by atoms with Gasteiger partial charge in [-0.3, -0.25) is 9.59 Å². The molecule has 0 aliphatic rings. The van der Waals surface area contributed by atoms with Crippen molar-refractivity contribution in [2.75, 3.05) is 6.54 Å². The Hall–Kier alpha value is -2.42. The number of nitrogens with zero attached hydrogens (tertiary/aromatic N) is 2. The van der Waals surface area contributed by atoms with Crippen LogP contribution in [0.1, 0.15) is 5.56 Å². The van der Waals surface area contributed by atoms with Crippen LogP contribution in [0, 0.1) is 0 Å². The number of benzene rings is 2. The molecule has 2 aromatic carbocycles. The largest absolute Gasteiger partial charge is 0.316 e. The lowest BCUT2D eigenvalue weighted by atomic mass is 10.2. The summed E-state index contributed by atoms with van der Waals surface area (Å²) in [5.74, 6) is 0. The molecule has 0 amide bonds. The fraction of sp³-hybridized carbons (Fsp3) is 0.222. The molecule has 0 spiro atoms. The van der Waals surface area contributed by atoms with E-state index >= 15 is 0 Å². The van der Waals surface area contributed by atoms with Gasteiger partial charge in [0.1, 0.15) is 0 Å². The van der Waals surface area contributed by atoms with Crippen molar-refractivity contribution < 1.29 is 8.42 Å². The van der Waals surface area contributed by atoms with Crippen molar-refractivity contribution in [2.45, 2.75) is 11.3 Å². The van der Waals surface area contributed by atoms with Crippen molar-refractivity contribution in [1.29, 1.82) is 0 Å². The SMILES string of the molecule is Cn1c(=O)c(=O)n(C)c2cc(S(=O)(=O)NCCc3ccc(Cl)cc3)ccc21. The molecule has 0 aliphatic heterocycles. The Kier molecular flexibility index (Phi) is 5.23. The lowest BCUT2D eigenvalue weighted by Crippen LogP contribution is -2.39. The van der Waals surface area contributed by atoms with Gasteiger partial charge in [-0.15, -0.1) is 0 Å². The van der Waals surface area contributed by atoms with Crippen LogP contribution in [0.5, 0.6) is 0 Å². The molecule has 27 heavy (non-hydrogen) atoms. The Morgan fingerprint density at radius 1 is 0.926 bits per heavy atom. The van der Waals surface area contributed by atoms with Crippen molar-refractivity contribution >= 4 is 32.7 Å². The summed E-state index contributed by atoms with van der Waals surface area (Å²) in [5.41, 5.74) is 0.417. The van der Waals surface area contributed by atoms with Crippen LogP contribution in [-0.4, -0.2) is 24.1 Å². The molecule has 1 N–H and O–H groups in total. The van der Waals surface area contributed by atoms with Crippen molar-refractivity contribution in [2.24, 2.45) is 14.1 Å². The molecule has 3 aromatic rings. The average molecular weight is 408 g/mol. The number of aryl methyl sites for hydroxylation is 2. The van der Waals surface area contributed by atoms with Crippen molar-refractivity contribution in [3.63, 3.8) is 0 Å². The van der Waals surface area contributed by atoms with Gasteiger partial charge in [0.2, 0.25) is 10.0 Å². The lowest BCUT2D eigenvalue weighted by molar-refractivity contribution is 0.581. The maximum absolute atomic E-state index is 12.6. The Labute approximate surface area is 160 Å². The lowest BCUT2D eigenvalue weighted by Gasteiger charge is -2.11. The third-order valence-corrected chi connectivity index (χ3v) is 6.10. The van der Waals surface area contributed by atoms with Crippen LogP contribution in [0.4, 0.5) is 0 Å². The molecule has 0 atom stereocenters. The second kappa shape index (κ2) is 7.30. The van der Waals surface area contributed by atoms with Gasteiger partial charge in [-0.1, -0.05) is 23.7 Å². The van der Waals surface area contributed by atoms with Gasteiger partial charge in [0.25, 0.3) is 0 Å². The molecular formula is C18H18ClN3O4S. The summed E-state index contributed by atoms with van der Waals surface area (Å²) in [6, 6.07) is 11.5. The van der Waals surface area contributed by atoms with E-state index in [9.17, 15) is 18.0 Å². The van der Waals surface area contributed by atoms with Gasteiger partial charge in [-0.05, 0) is 42.3 Å². The van der Waals surface area contributed by atoms with E-state index in [1.54, 1.807) is 12.1 Å². The van der Waals surface area contributed by atoms with Gasteiger partial charge in [-0.25, -0.2) is 13.1 Å². The number of hydrogen-bond donors (Lipinski definition) is 1. The zero-order valence-electron chi connectivity index (χ0n) is 14.8. The van der Waals surface area contributed by atoms with Crippen LogP contribution in [0.25, 0.3) is 11.0 Å². The molecule has 0 aliphatic carbocycles. The molecule has 0 fully saturated rings. The maximum Gasteiger partial charge on any atom is 0.316 e. The van der Waals surface area contributed by atoms with Gasteiger partial charge in [-0.2, -0.15) is 0 Å². The number of hydrogen-bond acceptors (Lipinski definition) is 4. The summed E-state index contributed by atoms with van der Waals surface area (Å²) >= 11 is 5.83. The second-order valence-corrected chi connectivity index (χ2v) is 8.36. The molecule has 7 nitrogen and oxygen atoms in total. The van der Waals surface area contributed by atoms with Gasteiger partial charge in [0, 0.05) is 25.7 Å². The number of nitrogens with one attached hydrogen (secondary N) is 1. The zero-order chi connectivity index (χ0) is 19.8. The highest BCUT2D eigenvalue weighted by atomic mass is 35.5. The Morgan fingerprint density at radius 2 is 1.52 bits per heavy atom. The van der Waals surface area contributed by atoms with Gasteiger partial charge < -0.3 is 9.13 Å². The molecule has 0 saturated carbocycles. The standard InChI is InChI=1S/C18H18ClN3O4S/c1-21-15-8-7-14(11-16(15)22(2)18(24)17(21)23)27(25,26)20-10-9-12-3-5-13(19)6-4-12/h3-8,11,20H,9-10H2,1-2H3. The first-order chi connectivity index (χ1) is 12.7. The zero-order valence-corrected chi connectivity index (χ0v) is 16.3. The quantitative estimate of drug-likeness (QED) is 0.647. The van der Waals surface area contributed by atoms with E-state index in [0.717, 1.165) is 10.1 Å². The average Bonchev–Trinajstić information content (AvgIpc) is 2.65. The van der Waals surface area contributed by atoms with E-state index in [1.807, 2.05) is 12.1 Å². The van der Waals surface area contributed by atoms with Crippen LogP contribution in [-0.2, 0) is 30.5 Å². The number of sulfonamides is 1. The molecule has 0 unspecified atom stereocenters. The minimum atomic E-state index is -3.76. The van der Waals surface area contributed by atoms with Crippen LogP contribution < -0.4 is 15.8 Å². The molecular weight excluding hydrogens is 390 g/mol. The fourth-order valence-corrected chi connectivity index (χ4v) is 3.97. The van der Waals surface area contributed by atoms with E-state index in [2.05, 4.69) is 4.72 Å². The van der Waals surface area contributed by atoms with Crippen LogP contribution in [0.2, 0.25) is 5.02 Å². The third-order valence-electron chi connectivity index (χ3n) is 4.39. The molecule has 142 valence electrons. The first-order valence-electron chi connectivity index (χ1n) is 8.14. The summed E-state index contributed by atoms with van der Waals surface area (Å²) in [7, 11) is -0.844. The molecule has 0 bridgehead atoms. The molecule has 1 aromatic heterocycles. The first kappa shape index (κ1) is 19.3. The van der Waals surface area contributed by atoms with Gasteiger partial charge in [0.05, 0.1) is 15.9 Å². The summed E-state index contributed by atoms with van der Waals surface area (Å²) in [5, 5.41) is 0.621. The van der Waals surface area contributed by atoms with Crippen LogP contribution >= 0.6 is 11.6 Å². The van der Waals surface area contributed by atoms with E-state index < -0.39 is 21.1 Å². The first-order valence-corrected chi connectivity index (χ1v) is 10.0.